The minimum atomic E-state index is -3.35. The zero-order valence-electron chi connectivity index (χ0n) is 18.7. The number of aromatic nitrogens is 3. The topological polar surface area (TPSA) is 140 Å². The summed E-state index contributed by atoms with van der Waals surface area (Å²) < 4.78 is 24.6. The van der Waals surface area contributed by atoms with Crippen molar-refractivity contribution in [3.63, 3.8) is 0 Å². The molecule has 0 atom stereocenters. The van der Waals surface area contributed by atoms with E-state index in [-0.39, 0.29) is 16.5 Å². The monoisotopic (exact) mass is 504 g/mol. The number of thiophene rings is 1. The average Bonchev–Trinajstić information content (AvgIpc) is 3.30. The molecule has 11 heteroatoms. The van der Waals surface area contributed by atoms with Gasteiger partial charge in [0.1, 0.15) is 11.6 Å². The van der Waals surface area contributed by atoms with Gasteiger partial charge in [-0.3, -0.25) is 4.79 Å². The summed E-state index contributed by atoms with van der Waals surface area (Å²) in [6, 6.07) is 13.9. The lowest BCUT2D eigenvalue weighted by Gasteiger charge is -2.15. The minimum Gasteiger partial charge on any atom is -0.382 e. The number of amides is 1. The molecule has 0 aliphatic carbocycles. The quantitative estimate of drug-likeness (QED) is 0.317. The van der Waals surface area contributed by atoms with Crippen molar-refractivity contribution in [1.82, 2.24) is 15.0 Å². The second-order valence-corrected chi connectivity index (χ2v) is 10.9. The van der Waals surface area contributed by atoms with Gasteiger partial charge in [0.05, 0.1) is 20.8 Å². The number of aryl methyl sites for hydroxylation is 1. The second kappa shape index (κ2) is 8.60. The highest BCUT2D eigenvalue weighted by molar-refractivity contribution is 7.90. The number of carbonyl (C=O) groups is 1. The van der Waals surface area contributed by atoms with Gasteiger partial charge >= 0.3 is 0 Å². The Morgan fingerprint density at radius 2 is 1.89 bits per heavy atom. The molecule has 0 saturated carbocycles. The van der Waals surface area contributed by atoms with Crippen LogP contribution in [0.5, 0.6) is 0 Å². The second-order valence-electron chi connectivity index (χ2n) is 7.96. The van der Waals surface area contributed by atoms with Crippen LogP contribution in [0.4, 0.5) is 23.0 Å². The van der Waals surface area contributed by atoms with Crippen molar-refractivity contribution in [1.29, 1.82) is 0 Å². The van der Waals surface area contributed by atoms with Gasteiger partial charge in [-0.2, -0.15) is 0 Å². The summed E-state index contributed by atoms with van der Waals surface area (Å²) in [5.41, 5.74) is 8.64. The Labute approximate surface area is 205 Å². The number of pyridine rings is 1. The van der Waals surface area contributed by atoms with Gasteiger partial charge in [0.25, 0.3) is 5.91 Å². The third-order valence-corrected chi connectivity index (χ3v) is 7.49. The number of nitrogens with zero attached hydrogens (tertiary/aromatic N) is 3. The maximum absolute atomic E-state index is 13.1. The number of sulfone groups is 1. The number of rotatable bonds is 5. The molecule has 5 rings (SSSR count). The Balaban J connectivity index is 1.52. The van der Waals surface area contributed by atoms with Crippen LogP contribution in [0.25, 0.3) is 21.0 Å². The van der Waals surface area contributed by atoms with Crippen molar-refractivity contribution in [3.8, 4) is 0 Å². The van der Waals surface area contributed by atoms with Crippen LogP contribution in [-0.2, 0) is 9.84 Å². The number of nitrogen functional groups attached to an aromatic ring is 1. The summed E-state index contributed by atoms with van der Waals surface area (Å²) in [6.07, 6.45) is 2.78. The number of hydrogen-bond donors (Lipinski definition) is 3. The first-order valence-corrected chi connectivity index (χ1v) is 13.3. The highest BCUT2D eigenvalue weighted by atomic mass is 32.2. The van der Waals surface area contributed by atoms with E-state index in [1.807, 2.05) is 24.4 Å². The molecule has 0 spiro atoms. The molecule has 0 bridgehead atoms. The molecule has 35 heavy (non-hydrogen) atoms. The number of hydrogen-bond acceptors (Lipinski definition) is 9. The third kappa shape index (κ3) is 4.38. The predicted octanol–water partition coefficient (Wildman–Crippen LogP) is 4.53. The molecule has 5 aromatic rings. The maximum atomic E-state index is 13.1. The Morgan fingerprint density at radius 1 is 1.06 bits per heavy atom. The van der Waals surface area contributed by atoms with Crippen molar-refractivity contribution in [2.24, 2.45) is 0 Å². The van der Waals surface area contributed by atoms with Gasteiger partial charge in [0, 0.05) is 28.9 Å². The number of anilines is 4. The molecule has 0 fully saturated rings. The zero-order chi connectivity index (χ0) is 24.7. The summed E-state index contributed by atoms with van der Waals surface area (Å²) in [6.45, 7) is 1.88. The fraction of sp³-hybridized carbons (Fsp3) is 0.0833. The molecule has 9 nitrogen and oxygen atoms in total. The van der Waals surface area contributed by atoms with Gasteiger partial charge in [-0.15, -0.1) is 11.3 Å². The summed E-state index contributed by atoms with van der Waals surface area (Å²) in [5.74, 6) is 0.281. The number of benzene rings is 2. The number of nitrogens with two attached hydrogens (primary N) is 1. The van der Waals surface area contributed by atoms with E-state index in [0.29, 0.717) is 22.7 Å². The fourth-order valence-corrected chi connectivity index (χ4v) is 5.13. The van der Waals surface area contributed by atoms with Gasteiger partial charge in [-0.1, -0.05) is 18.2 Å². The van der Waals surface area contributed by atoms with Crippen molar-refractivity contribution in [2.75, 3.05) is 22.6 Å². The predicted molar refractivity (Wildman–Crippen MR) is 139 cm³/mol. The van der Waals surface area contributed by atoms with E-state index in [0.717, 1.165) is 27.3 Å². The van der Waals surface area contributed by atoms with E-state index < -0.39 is 15.7 Å². The summed E-state index contributed by atoms with van der Waals surface area (Å²) in [7, 11) is -3.35. The van der Waals surface area contributed by atoms with Crippen LogP contribution in [0.3, 0.4) is 0 Å². The molecule has 0 aliphatic heterocycles. The van der Waals surface area contributed by atoms with Gasteiger partial charge in [0.15, 0.2) is 9.84 Å². The van der Waals surface area contributed by atoms with Crippen LogP contribution in [0, 0.1) is 6.92 Å². The zero-order valence-corrected chi connectivity index (χ0v) is 20.4. The molecular weight excluding hydrogens is 484 g/mol. The maximum Gasteiger partial charge on any atom is 0.293 e. The molecule has 0 radical (unpaired) electrons. The minimum absolute atomic E-state index is 0.0187. The van der Waals surface area contributed by atoms with E-state index in [4.69, 9.17) is 5.73 Å². The van der Waals surface area contributed by atoms with Crippen molar-refractivity contribution in [2.45, 2.75) is 11.8 Å². The first kappa shape index (κ1) is 22.7. The van der Waals surface area contributed by atoms with E-state index in [2.05, 4.69) is 25.6 Å². The summed E-state index contributed by atoms with van der Waals surface area (Å²) in [5, 5.41) is 9.45. The highest BCUT2D eigenvalue weighted by Gasteiger charge is 2.17. The molecule has 176 valence electrons. The summed E-state index contributed by atoms with van der Waals surface area (Å²) >= 11 is 1.42. The molecule has 1 amide bonds. The molecule has 0 saturated heterocycles. The van der Waals surface area contributed by atoms with Crippen molar-refractivity contribution < 1.29 is 13.2 Å². The third-order valence-electron chi connectivity index (χ3n) is 5.45. The first-order valence-electron chi connectivity index (χ1n) is 10.5. The normalized spacial score (nSPS) is 11.6. The number of nitrogens with one attached hydrogen (secondary N) is 2. The van der Waals surface area contributed by atoms with Crippen molar-refractivity contribution in [3.05, 3.63) is 71.5 Å². The summed E-state index contributed by atoms with van der Waals surface area (Å²) in [4.78, 5) is 26.2. The number of carbonyl (C=O) groups excluding carboxylic acids is 1. The van der Waals surface area contributed by atoms with Crippen LogP contribution in [0.1, 0.15) is 16.2 Å². The van der Waals surface area contributed by atoms with Gasteiger partial charge in [-0.25, -0.2) is 23.4 Å². The van der Waals surface area contributed by atoms with E-state index in [1.165, 1.54) is 17.4 Å². The van der Waals surface area contributed by atoms with Crippen molar-refractivity contribution >= 4 is 71.1 Å². The molecule has 0 aliphatic rings. The largest absolute Gasteiger partial charge is 0.382 e. The van der Waals surface area contributed by atoms with E-state index >= 15 is 0 Å². The van der Waals surface area contributed by atoms with E-state index in [9.17, 15) is 13.2 Å². The van der Waals surface area contributed by atoms with Crippen LogP contribution in [0.2, 0.25) is 0 Å². The fourth-order valence-electron chi connectivity index (χ4n) is 3.73. The number of fused-ring (bicyclic) bond motifs is 2. The molecule has 4 N–H and O–H groups in total. The van der Waals surface area contributed by atoms with Crippen LogP contribution < -0.4 is 16.4 Å². The van der Waals surface area contributed by atoms with Gasteiger partial charge in [-0.05, 0) is 48.2 Å². The standard InChI is InChI=1S/C24H20N6O3S2/c1-13-6-7-17-16(8-10-26-22(17)27-14-4-3-5-15(12-14)35(2,32)33)19(13)29-24(31)23-28-18-9-11-34-20(18)21(25)30-23/h3-12H,1-2H3,(H,26,27)(H,29,31)(H2,25,28,30). The Hall–Kier alpha value is -4.09. The molecule has 2 aromatic carbocycles. The SMILES string of the molecule is Cc1ccc2c(Nc3cccc(S(C)(=O)=O)c3)nccc2c1NC(=O)c1nc(N)c2sccc2n1. The van der Waals surface area contributed by atoms with Crippen LogP contribution in [-0.4, -0.2) is 35.5 Å². The lowest BCUT2D eigenvalue weighted by molar-refractivity contribution is 0.101. The molecular formula is C24H20N6O3S2. The lowest BCUT2D eigenvalue weighted by atomic mass is 10.1. The van der Waals surface area contributed by atoms with Crippen LogP contribution in [0.15, 0.2) is 65.0 Å². The van der Waals surface area contributed by atoms with Gasteiger partial charge < -0.3 is 16.4 Å². The van der Waals surface area contributed by atoms with E-state index in [1.54, 1.807) is 36.5 Å². The smallest absolute Gasteiger partial charge is 0.293 e. The lowest BCUT2D eigenvalue weighted by Crippen LogP contribution is -2.17. The molecule has 3 heterocycles. The Bertz CT molecular complexity index is 1730. The van der Waals surface area contributed by atoms with Gasteiger partial charge in [0.2, 0.25) is 5.82 Å². The highest BCUT2D eigenvalue weighted by Crippen LogP contribution is 2.33. The molecule has 3 aromatic heterocycles. The molecule has 0 unspecified atom stereocenters. The first-order chi connectivity index (χ1) is 16.7. The Kier molecular flexibility index (Phi) is 5.58. The van der Waals surface area contributed by atoms with Crippen LogP contribution >= 0.6 is 11.3 Å². The average molecular weight is 505 g/mol. The Morgan fingerprint density at radius 3 is 2.69 bits per heavy atom.